The summed E-state index contributed by atoms with van der Waals surface area (Å²) in [4.78, 5) is 19.0. The van der Waals surface area contributed by atoms with Crippen molar-refractivity contribution in [3.8, 4) is 23.2 Å². The van der Waals surface area contributed by atoms with Crippen molar-refractivity contribution >= 4 is 28.0 Å². The van der Waals surface area contributed by atoms with Crippen LogP contribution in [0.3, 0.4) is 0 Å². The molecule has 218 valence electrons. The van der Waals surface area contributed by atoms with Crippen molar-refractivity contribution in [2.45, 2.75) is 40.2 Å². The highest BCUT2D eigenvalue weighted by Crippen LogP contribution is 2.34. The molecule has 0 atom stereocenters. The number of nitriles is 1. The second-order valence-electron chi connectivity index (χ2n) is 11.2. The van der Waals surface area contributed by atoms with Crippen LogP contribution in [0.4, 0.5) is 0 Å². The lowest BCUT2D eigenvalue weighted by molar-refractivity contribution is 0.407. The summed E-state index contributed by atoms with van der Waals surface area (Å²) in [5.74, 6) is 1.48. The zero-order chi connectivity index (χ0) is 31.0. The van der Waals surface area contributed by atoms with E-state index in [1.807, 2.05) is 74.5 Å². The zero-order valence-electron chi connectivity index (χ0n) is 25.5. The van der Waals surface area contributed by atoms with Crippen LogP contribution >= 0.6 is 0 Å². The molecule has 0 unspecified atom stereocenters. The first-order valence-corrected chi connectivity index (χ1v) is 14.6. The van der Waals surface area contributed by atoms with E-state index < -0.39 is 0 Å². The number of nitrogens with zero attached hydrogens (tertiary/aromatic N) is 5. The molecule has 2 heterocycles. The molecule has 0 saturated carbocycles. The molecule has 0 spiro atoms. The third kappa shape index (κ3) is 4.95. The Kier molecular flexibility index (Phi) is 7.59. The molecule has 6 aromatic rings. The van der Waals surface area contributed by atoms with Crippen molar-refractivity contribution < 1.29 is 4.74 Å². The summed E-state index contributed by atoms with van der Waals surface area (Å²) < 4.78 is 9.29. The number of hydrogen-bond acceptors (Lipinski definition) is 5. The number of methoxy groups -OCH3 is 1. The number of rotatable bonds is 7. The highest BCUT2D eigenvalue weighted by atomic mass is 16.5. The molecule has 0 aliphatic rings. The van der Waals surface area contributed by atoms with E-state index in [4.69, 9.17) is 14.8 Å². The van der Waals surface area contributed by atoms with Gasteiger partial charge >= 0.3 is 0 Å². The van der Waals surface area contributed by atoms with Gasteiger partial charge in [-0.3, -0.25) is 4.79 Å². The summed E-state index contributed by atoms with van der Waals surface area (Å²) >= 11 is 0. The van der Waals surface area contributed by atoms with Gasteiger partial charge in [-0.15, -0.1) is 0 Å². The number of para-hydroxylation sites is 2. The molecule has 6 rings (SSSR count). The molecule has 7 heteroatoms. The normalized spacial score (nSPS) is 11.6. The number of fused-ring (bicyclic) bond motifs is 2. The van der Waals surface area contributed by atoms with E-state index in [1.165, 1.54) is 4.68 Å². The molecular formula is C37H33N5O2. The smallest absolute Gasteiger partial charge is 0.282 e. The number of ether oxygens (including phenoxy) is 1. The third-order valence-corrected chi connectivity index (χ3v) is 8.24. The Balaban J connectivity index is 1.56. The maximum absolute atomic E-state index is 14.0. The first-order chi connectivity index (χ1) is 21.3. The molecule has 0 saturated heterocycles. The van der Waals surface area contributed by atoms with Crippen molar-refractivity contribution in [3.05, 3.63) is 129 Å². The Morgan fingerprint density at radius 1 is 0.977 bits per heavy atom. The molecule has 2 aromatic heterocycles. The van der Waals surface area contributed by atoms with Crippen LogP contribution in [-0.2, 0) is 6.54 Å². The van der Waals surface area contributed by atoms with Gasteiger partial charge in [-0.25, -0.2) is 4.98 Å². The summed E-state index contributed by atoms with van der Waals surface area (Å²) in [5, 5.41) is 16.0. The lowest BCUT2D eigenvalue weighted by atomic mass is 9.96. The maximum atomic E-state index is 14.0. The Morgan fingerprint density at radius 3 is 2.43 bits per heavy atom. The van der Waals surface area contributed by atoms with Crippen LogP contribution in [0.1, 0.15) is 53.3 Å². The molecule has 0 radical (unpaired) electrons. The van der Waals surface area contributed by atoms with Crippen LogP contribution in [0, 0.1) is 25.2 Å². The van der Waals surface area contributed by atoms with Crippen LogP contribution < -0.4 is 10.3 Å². The standard InChI is InChI=1S/C37H33N5O2/c1-23(2)30-19-31(24(3)18-35(30)44-5)36-40-33-16-10-8-15-29(33)37(43)42(36)39-21-32-25(4)41(34-17-11-9-14-28(32)34)22-27-13-7-6-12-26(27)20-38/h6-19,21,23H,22H2,1-5H3. The highest BCUT2D eigenvalue weighted by molar-refractivity contribution is 6.01. The van der Waals surface area contributed by atoms with E-state index >= 15 is 0 Å². The molecule has 44 heavy (non-hydrogen) atoms. The van der Waals surface area contributed by atoms with Crippen LogP contribution in [0.5, 0.6) is 5.75 Å². The summed E-state index contributed by atoms with van der Waals surface area (Å²) in [6.45, 7) is 8.80. The topological polar surface area (TPSA) is 85.2 Å². The van der Waals surface area contributed by atoms with Crippen LogP contribution in [0.2, 0.25) is 0 Å². The Hall–Kier alpha value is -5.48. The minimum atomic E-state index is -0.243. The predicted molar refractivity (Wildman–Crippen MR) is 177 cm³/mol. The quantitative estimate of drug-likeness (QED) is 0.183. The summed E-state index contributed by atoms with van der Waals surface area (Å²) in [7, 11) is 1.67. The van der Waals surface area contributed by atoms with E-state index in [1.54, 1.807) is 19.4 Å². The molecule has 0 N–H and O–H groups in total. The average Bonchev–Trinajstić information content (AvgIpc) is 3.30. The monoisotopic (exact) mass is 579 g/mol. The van der Waals surface area contributed by atoms with Gasteiger partial charge in [0.15, 0.2) is 5.82 Å². The Labute approximate surface area is 256 Å². The summed E-state index contributed by atoms with van der Waals surface area (Å²) in [6.07, 6.45) is 1.76. The third-order valence-electron chi connectivity index (χ3n) is 8.24. The fourth-order valence-electron chi connectivity index (χ4n) is 5.85. The fraction of sp³-hybridized carbons (Fsp3) is 0.189. The Morgan fingerprint density at radius 2 is 1.68 bits per heavy atom. The second kappa shape index (κ2) is 11.7. The van der Waals surface area contributed by atoms with Gasteiger partial charge < -0.3 is 9.30 Å². The van der Waals surface area contributed by atoms with E-state index in [9.17, 15) is 10.1 Å². The zero-order valence-corrected chi connectivity index (χ0v) is 25.5. The van der Waals surface area contributed by atoms with Gasteiger partial charge in [0.1, 0.15) is 5.75 Å². The van der Waals surface area contributed by atoms with E-state index in [0.717, 1.165) is 50.2 Å². The van der Waals surface area contributed by atoms with Crippen LogP contribution in [0.25, 0.3) is 33.2 Å². The number of benzene rings is 4. The van der Waals surface area contributed by atoms with Gasteiger partial charge in [-0.2, -0.15) is 15.0 Å². The van der Waals surface area contributed by atoms with E-state index in [0.29, 0.717) is 28.8 Å². The second-order valence-corrected chi connectivity index (χ2v) is 11.2. The fourth-order valence-corrected chi connectivity index (χ4v) is 5.85. The van der Waals surface area contributed by atoms with Crippen molar-refractivity contribution in [1.29, 1.82) is 5.26 Å². The number of aromatic nitrogens is 3. The van der Waals surface area contributed by atoms with E-state index in [2.05, 4.69) is 42.7 Å². The van der Waals surface area contributed by atoms with Crippen molar-refractivity contribution in [1.82, 2.24) is 14.2 Å². The Bertz CT molecular complexity index is 2180. The van der Waals surface area contributed by atoms with Gasteiger partial charge in [-0.1, -0.05) is 62.4 Å². The molecule has 0 fully saturated rings. The van der Waals surface area contributed by atoms with Gasteiger partial charge in [0.2, 0.25) is 0 Å². The maximum Gasteiger partial charge on any atom is 0.282 e. The average molecular weight is 580 g/mol. The number of aryl methyl sites for hydroxylation is 1. The first kappa shape index (κ1) is 28.6. The summed E-state index contributed by atoms with van der Waals surface area (Å²) in [5.41, 5.74) is 7.65. The van der Waals surface area contributed by atoms with Gasteiger partial charge in [0, 0.05) is 34.3 Å². The molecule has 7 nitrogen and oxygen atoms in total. The van der Waals surface area contributed by atoms with Crippen molar-refractivity contribution in [2.24, 2.45) is 5.10 Å². The molecular weight excluding hydrogens is 546 g/mol. The van der Waals surface area contributed by atoms with Gasteiger partial charge in [-0.05, 0) is 72.9 Å². The summed E-state index contributed by atoms with van der Waals surface area (Å²) in [6, 6.07) is 29.5. The highest BCUT2D eigenvalue weighted by Gasteiger charge is 2.19. The predicted octanol–water partition coefficient (Wildman–Crippen LogP) is 7.57. The lowest BCUT2D eigenvalue weighted by Gasteiger charge is -2.17. The minimum Gasteiger partial charge on any atom is -0.496 e. The van der Waals surface area contributed by atoms with Crippen molar-refractivity contribution in [3.63, 3.8) is 0 Å². The molecule has 4 aromatic carbocycles. The van der Waals surface area contributed by atoms with Gasteiger partial charge in [0.25, 0.3) is 5.56 Å². The van der Waals surface area contributed by atoms with Crippen LogP contribution in [0.15, 0.2) is 94.8 Å². The molecule has 0 amide bonds. The molecule has 0 aliphatic carbocycles. The minimum absolute atomic E-state index is 0.202. The lowest BCUT2D eigenvalue weighted by Crippen LogP contribution is -2.21. The van der Waals surface area contributed by atoms with E-state index in [-0.39, 0.29) is 11.5 Å². The van der Waals surface area contributed by atoms with Crippen molar-refractivity contribution in [2.75, 3.05) is 7.11 Å². The SMILES string of the molecule is COc1cc(C)c(-c2nc3ccccc3c(=O)n2N=Cc2c(C)n(Cc3ccccc3C#N)c3ccccc23)cc1C(C)C. The van der Waals surface area contributed by atoms with Crippen LogP contribution in [-0.4, -0.2) is 27.6 Å². The van der Waals surface area contributed by atoms with Gasteiger partial charge in [0.05, 0.1) is 35.9 Å². The largest absolute Gasteiger partial charge is 0.496 e. The molecule has 0 aliphatic heterocycles. The molecule has 0 bridgehead atoms. The first-order valence-electron chi connectivity index (χ1n) is 14.6. The number of hydrogen-bond donors (Lipinski definition) is 0.